The summed E-state index contributed by atoms with van der Waals surface area (Å²) in [5, 5.41) is 0. The summed E-state index contributed by atoms with van der Waals surface area (Å²) in [6.07, 6.45) is 3.13. The maximum absolute atomic E-state index is 5.49. The van der Waals surface area contributed by atoms with Gasteiger partial charge in [-0.25, -0.2) is 5.70 Å². The van der Waals surface area contributed by atoms with Crippen molar-refractivity contribution < 1.29 is 32.7 Å². The van der Waals surface area contributed by atoms with E-state index in [9.17, 15) is 0 Å². The van der Waals surface area contributed by atoms with Crippen molar-refractivity contribution in [3.05, 3.63) is 18.7 Å². The Labute approximate surface area is 89.7 Å². The van der Waals surface area contributed by atoms with E-state index in [-0.39, 0.29) is 32.7 Å². The Morgan fingerprint density at radius 2 is 2.00 bits per heavy atom. The average molecular weight is 214 g/mol. The van der Waals surface area contributed by atoms with Gasteiger partial charge in [0.25, 0.3) is 0 Å². The topological polar surface area (TPSA) is 3.24 Å². The predicted octanol–water partition coefficient (Wildman–Crippen LogP) is 1.87. The number of hydrogen-bond donors (Lipinski definition) is 0. The Morgan fingerprint density at radius 3 is 2.10 bits per heavy atom. The SMILES string of the molecule is CC.[CH-]=C1C[CH-]CN1C.[Y]. The van der Waals surface area contributed by atoms with E-state index in [0.717, 1.165) is 18.7 Å². The van der Waals surface area contributed by atoms with Crippen molar-refractivity contribution in [3.8, 4) is 0 Å². The van der Waals surface area contributed by atoms with Crippen molar-refractivity contribution in [3.63, 3.8) is 0 Å². The van der Waals surface area contributed by atoms with Gasteiger partial charge in [0.15, 0.2) is 0 Å². The summed E-state index contributed by atoms with van der Waals surface area (Å²) in [5.41, 5.74) is 0.986. The molecule has 0 aromatic carbocycles. The number of allylic oxidation sites excluding steroid dienone is 1. The first-order valence-corrected chi connectivity index (χ1v) is 3.45. The van der Waals surface area contributed by atoms with Crippen LogP contribution >= 0.6 is 0 Å². The van der Waals surface area contributed by atoms with Crippen molar-refractivity contribution >= 4 is 0 Å². The molecule has 0 aromatic rings. The molecule has 0 unspecified atom stereocenters. The fraction of sp³-hybridized carbons (Fsp3) is 0.625. The van der Waals surface area contributed by atoms with Crippen LogP contribution in [0.4, 0.5) is 0 Å². The minimum atomic E-state index is 0. The first-order chi connectivity index (χ1) is 4.30. The molecule has 0 saturated carbocycles. The molecule has 1 radical (unpaired) electrons. The Bertz CT molecular complexity index is 91.3. The molecule has 0 spiro atoms. The van der Waals surface area contributed by atoms with E-state index in [4.69, 9.17) is 6.58 Å². The van der Waals surface area contributed by atoms with E-state index in [1.54, 1.807) is 0 Å². The zero-order chi connectivity index (χ0) is 7.28. The van der Waals surface area contributed by atoms with Gasteiger partial charge in [-0.3, -0.25) is 0 Å². The molecule has 0 amide bonds. The van der Waals surface area contributed by atoms with Gasteiger partial charge in [-0.2, -0.15) is 6.42 Å². The molecule has 1 heterocycles. The van der Waals surface area contributed by atoms with Gasteiger partial charge < -0.3 is 17.9 Å². The second kappa shape index (κ2) is 7.75. The summed E-state index contributed by atoms with van der Waals surface area (Å²) < 4.78 is 0. The second-order valence-electron chi connectivity index (χ2n) is 1.86. The van der Waals surface area contributed by atoms with Gasteiger partial charge in [0.1, 0.15) is 0 Å². The maximum Gasteiger partial charge on any atom is 0 e. The first kappa shape index (κ1) is 13.2. The molecule has 1 nitrogen and oxygen atoms in total. The normalized spacial score (nSPS) is 15.5. The minimum absolute atomic E-state index is 0. The van der Waals surface area contributed by atoms with Crippen LogP contribution in [0.2, 0.25) is 0 Å². The molecule has 0 atom stereocenters. The van der Waals surface area contributed by atoms with E-state index >= 15 is 0 Å². The van der Waals surface area contributed by atoms with Crippen LogP contribution in [0.25, 0.3) is 0 Å². The Kier molecular flexibility index (Phi) is 10.3. The standard InChI is InChI=1S/C6H9N.C2H6.Y/c1-6-4-3-5-7(6)2;1-2;/h1,3H,4-5H2,2H3;1-2H3;/q-2;;. The minimum Gasteiger partial charge on any atom is -0.496 e. The molecule has 0 bridgehead atoms. The largest absolute Gasteiger partial charge is 0.496 e. The fourth-order valence-corrected chi connectivity index (χ4v) is 0.679. The fourth-order valence-electron chi connectivity index (χ4n) is 0.679. The van der Waals surface area contributed by atoms with Gasteiger partial charge in [-0.05, 0) is 7.05 Å². The molecule has 0 N–H and O–H groups in total. The van der Waals surface area contributed by atoms with Crippen LogP contribution in [0.3, 0.4) is 0 Å². The van der Waals surface area contributed by atoms with Gasteiger partial charge in [0.05, 0.1) is 0 Å². The van der Waals surface area contributed by atoms with Crippen molar-refractivity contribution in [1.29, 1.82) is 0 Å². The zero-order valence-corrected chi connectivity index (χ0v) is 9.93. The van der Waals surface area contributed by atoms with Gasteiger partial charge in [0.2, 0.25) is 0 Å². The number of nitrogens with zero attached hydrogens (tertiary/aromatic N) is 1. The van der Waals surface area contributed by atoms with Gasteiger partial charge in [0, 0.05) is 32.7 Å². The van der Waals surface area contributed by atoms with Gasteiger partial charge >= 0.3 is 0 Å². The van der Waals surface area contributed by atoms with Gasteiger partial charge in [-0.1, -0.05) is 13.8 Å². The van der Waals surface area contributed by atoms with Crippen LogP contribution in [0.1, 0.15) is 20.3 Å². The summed E-state index contributed by atoms with van der Waals surface area (Å²) in [7, 11) is 2.00. The van der Waals surface area contributed by atoms with Crippen LogP contribution in [-0.2, 0) is 32.7 Å². The molecular formula is C8H15NY-2. The van der Waals surface area contributed by atoms with Crippen molar-refractivity contribution in [2.45, 2.75) is 20.3 Å². The molecule has 1 aliphatic heterocycles. The van der Waals surface area contributed by atoms with Crippen LogP contribution in [0.15, 0.2) is 5.70 Å². The molecule has 1 aliphatic rings. The van der Waals surface area contributed by atoms with Crippen LogP contribution < -0.4 is 0 Å². The summed E-state index contributed by atoms with van der Waals surface area (Å²) in [6.45, 7) is 10.5. The Hall–Kier alpha value is 0.644. The second-order valence-corrected chi connectivity index (χ2v) is 1.86. The smallest absolute Gasteiger partial charge is 0 e. The molecule has 0 aromatic heterocycles. The van der Waals surface area contributed by atoms with E-state index in [2.05, 4.69) is 6.42 Å². The summed E-state index contributed by atoms with van der Waals surface area (Å²) in [6, 6.07) is 0. The summed E-state index contributed by atoms with van der Waals surface area (Å²) in [5.74, 6) is 0. The molecule has 57 valence electrons. The third-order valence-electron chi connectivity index (χ3n) is 1.25. The summed E-state index contributed by atoms with van der Waals surface area (Å²) in [4.78, 5) is 2.04. The Morgan fingerprint density at radius 1 is 1.50 bits per heavy atom. The maximum atomic E-state index is 5.49. The molecule has 1 rings (SSSR count). The van der Waals surface area contributed by atoms with E-state index in [1.807, 2.05) is 25.8 Å². The van der Waals surface area contributed by atoms with E-state index in [0.29, 0.717) is 0 Å². The average Bonchev–Trinajstić information content (AvgIpc) is 2.23. The monoisotopic (exact) mass is 214 g/mol. The Balaban J connectivity index is 0. The number of rotatable bonds is 0. The molecule has 1 saturated heterocycles. The van der Waals surface area contributed by atoms with Crippen LogP contribution in [-0.4, -0.2) is 18.5 Å². The van der Waals surface area contributed by atoms with Crippen molar-refractivity contribution in [2.24, 2.45) is 0 Å². The number of likely N-dealkylation sites (tertiary alicyclic amines) is 1. The van der Waals surface area contributed by atoms with E-state index < -0.39 is 0 Å². The van der Waals surface area contributed by atoms with Crippen molar-refractivity contribution in [1.82, 2.24) is 4.90 Å². The number of hydrogen-bond acceptors (Lipinski definition) is 1. The van der Waals surface area contributed by atoms with Gasteiger partial charge in [-0.15, -0.1) is 6.54 Å². The van der Waals surface area contributed by atoms with Crippen molar-refractivity contribution in [2.75, 3.05) is 13.6 Å². The third-order valence-corrected chi connectivity index (χ3v) is 1.25. The predicted molar refractivity (Wildman–Crippen MR) is 40.7 cm³/mol. The third kappa shape index (κ3) is 4.46. The molecule has 2 heteroatoms. The molecule has 10 heavy (non-hydrogen) atoms. The first-order valence-electron chi connectivity index (χ1n) is 3.45. The zero-order valence-electron chi connectivity index (χ0n) is 7.09. The summed E-state index contributed by atoms with van der Waals surface area (Å²) >= 11 is 0. The van der Waals surface area contributed by atoms with Crippen LogP contribution in [0.5, 0.6) is 0 Å². The van der Waals surface area contributed by atoms with Crippen LogP contribution in [0, 0.1) is 13.0 Å². The van der Waals surface area contributed by atoms with E-state index in [1.165, 1.54) is 0 Å². The molecular weight excluding hydrogens is 199 g/mol. The molecule has 0 aliphatic carbocycles. The quantitative estimate of drug-likeness (QED) is 0.556. The molecule has 1 fully saturated rings.